The number of para-hydroxylation sites is 1. The molecule has 0 radical (unpaired) electrons. The lowest BCUT2D eigenvalue weighted by Gasteiger charge is -2.26. The van der Waals surface area contributed by atoms with Crippen molar-refractivity contribution in [2.75, 3.05) is 52.5 Å². The van der Waals surface area contributed by atoms with Gasteiger partial charge in [-0.1, -0.05) is 18.2 Å². The first-order chi connectivity index (χ1) is 21.3. The van der Waals surface area contributed by atoms with E-state index in [1.54, 1.807) is 12.1 Å². The zero-order valence-electron chi connectivity index (χ0n) is 24.1. The maximum absolute atomic E-state index is 13.8. The third kappa shape index (κ3) is 5.64. The Kier molecular flexibility index (Phi) is 8.07. The summed E-state index contributed by atoms with van der Waals surface area (Å²) in [4.78, 5) is 22.0. The van der Waals surface area contributed by atoms with Gasteiger partial charge in [0.1, 0.15) is 12.1 Å². The molecule has 4 aromatic rings. The number of nitrogens with zero attached hydrogens (tertiary/aromatic N) is 5. The molecule has 2 N–H and O–H groups in total. The molecule has 2 bridgehead atoms. The summed E-state index contributed by atoms with van der Waals surface area (Å²) < 4.78 is 52.1. The summed E-state index contributed by atoms with van der Waals surface area (Å²) >= 11 is 0. The van der Waals surface area contributed by atoms with E-state index in [9.17, 15) is 18.5 Å². The van der Waals surface area contributed by atoms with Crippen LogP contribution >= 0.6 is 0 Å². The minimum absolute atomic E-state index is 0.0753. The largest absolute Gasteiger partial charge is 0.493 e. The molecule has 0 saturated carbocycles. The number of hydrogen-bond acceptors (Lipinski definition) is 11. The van der Waals surface area contributed by atoms with E-state index in [1.165, 1.54) is 42.0 Å². The van der Waals surface area contributed by atoms with Crippen LogP contribution in [0.3, 0.4) is 0 Å². The van der Waals surface area contributed by atoms with Gasteiger partial charge in [-0.25, -0.2) is 23.6 Å². The lowest BCUT2D eigenvalue weighted by Crippen LogP contribution is -2.38. The van der Waals surface area contributed by atoms with Gasteiger partial charge >= 0.3 is 5.69 Å². The Bertz CT molecular complexity index is 1840. The Morgan fingerprint density at radius 3 is 2.68 bits per heavy atom. The highest BCUT2D eigenvalue weighted by atomic mass is 32.2. The summed E-state index contributed by atoms with van der Waals surface area (Å²) in [5.41, 5.74) is 1.79. The van der Waals surface area contributed by atoms with Crippen molar-refractivity contribution in [3.63, 3.8) is 0 Å². The number of rotatable bonds is 4. The summed E-state index contributed by atoms with van der Waals surface area (Å²) in [6, 6.07) is 12.8. The second-order valence-electron chi connectivity index (χ2n) is 10.3. The van der Waals surface area contributed by atoms with Crippen LogP contribution in [0.1, 0.15) is 12.0 Å². The van der Waals surface area contributed by atoms with E-state index in [4.69, 9.17) is 18.9 Å². The Hall–Kier alpha value is -4.73. The topological polar surface area (TPSA) is 156 Å². The number of methoxy groups -OCH3 is 1. The van der Waals surface area contributed by atoms with Crippen LogP contribution in [0.25, 0.3) is 10.9 Å². The quantitative estimate of drug-likeness (QED) is 0.318. The van der Waals surface area contributed by atoms with E-state index in [-0.39, 0.29) is 37.1 Å². The zero-order valence-corrected chi connectivity index (χ0v) is 24.9. The molecular formula is C29H31N6O8S+. The molecular weight excluding hydrogens is 592 g/mol. The second kappa shape index (κ2) is 12.1. The van der Waals surface area contributed by atoms with Crippen LogP contribution in [-0.2, 0) is 16.6 Å². The third-order valence-corrected chi connectivity index (χ3v) is 9.41. The number of anilines is 2. The van der Waals surface area contributed by atoms with Crippen LogP contribution in [0, 0.1) is 4.91 Å². The average molecular weight is 624 g/mol. The molecule has 0 unspecified atom stereocenters. The van der Waals surface area contributed by atoms with Crippen molar-refractivity contribution in [2.24, 2.45) is 0 Å². The van der Waals surface area contributed by atoms with Gasteiger partial charge in [0, 0.05) is 43.7 Å². The molecule has 0 fully saturated rings. The number of aromatic nitrogens is 2. The fourth-order valence-corrected chi connectivity index (χ4v) is 6.87. The first-order valence-electron chi connectivity index (χ1n) is 13.8. The van der Waals surface area contributed by atoms with E-state index in [1.807, 2.05) is 24.1 Å². The molecule has 0 amide bonds. The van der Waals surface area contributed by atoms with Gasteiger partial charge in [-0.05, 0) is 37.2 Å². The minimum Gasteiger partial charge on any atom is -0.493 e. The van der Waals surface area contributed by atoms with Gasteiger partial charge in [0.15, 0.2) is 27.9 Å². The standard InChI is InChI=1S/C29H31N6O8S/c1-33-11-12-34(44(38,39)26-7-4-3-6-22(26)35(36)37)10-5-13-41-25-14-20-21(15-24(25)40-2)30-17-31-29(20)32-27-19(16-33)8-9-23-28(27)43-18-42-23/h3-4,6-9,14-15,17H,5,10-13,16,18H2,1-2H3,(H,36,37)(H,30,31,32)/q+1. The normalized spacial score (nSPS) is 16.2. The SMILES string of the molecule is COc1cc2ncnc3c2cc1OCCCN(S(=O)(=O)c1ccccc1[N+](=O)O)CCN(C)Cc1ccc2c(c1N3)OCO2. The molecule has 2 aliphatic rings. The number of likely N-dealkylation sites (N-methyl/N-ethyl adjacent to an activating group) is 1. The van der Waals surface area contributed by atoms with Gasteiger partial charge in [0.2, 0.25) is 16.8 Å². The Morgan fingerprint density at radius 2 is 1.86 bits per heavy atom. The van der Waals surface area contributed by atoms with Gasteiger partial charge in [-0.3, -0.25) is 0 Å². The Labute approximate surface area is 253 Å². The number of fused-ring (bicyclic) bond motifs is 4. The van der Waals surface area contributed by atoms with Crippen molar-refractivity contribution in [1.29, 1.82) is 0 Å². The molecule has 2 aliphatic heterocycles. The molecule has 44 heavy (non-hydrogen) atoms. The van der Waals surface area contributed by atoms with Crippen LogP contribution in [0.5, 0.6) is 23.0 Å². The smallest absolute Gasteiger partial charge is 0.336 e. The van der Waals surface area contributed by atoms with Crippen LogP contribution in [0.2, 0.25) is 0 Å². The van der Waals surface area contributed by atoms with E-state index >= 15 is 0 Å². The molecule has 15 heteroatoms. The van der Waals surface area contributed by atoms with Crippen LogP contribution < -0.4 is 24.3 Å². The minimum atomic E-state index is -4.18. The molecule has 1 aromatic heterocycles. The predicted molar refractivity (Wildman–Crippen MR) is 159 cm³/mol. The van der Waals surface area contributed by atoms with Crippen molar-refractivity contribution in [3.05, 3.63) is 65.3 Å². The molecule has 6 rings (SSSR count). The number of hydrogen-bond donors (Lipinski definition) is 2. The molecule has 230 valence electrons. The lowest BCUT2D eigenvalue weighted by molar-refractivity contribution is -0.731. The van der Waals surface area contributed by atoms with Gasteiger partial charge in [0.05, 0.1) is 29.8 Å². The fraction of sp³-hybridized carbons (Fsp3) is 0.310. The monoisotopic (exact) mass is 623 g/mol. The molecule has 3 heterocycles. The van der Waals surface area contributed by atoms with Crippen molar-refractivity contribution in [2.45, 2.75) is 17.9 Å². The Morgan fingerprint density at radius 1 is 1.02 bits per heavy atom. The average Bonchev–Trinajstić information content (AvgIpc) is 3.50. The van der Waals surface area contributed by atoms with Gasteiger partial charge < -0.3 is 29.2 Å². The lowest BCUT2D eigenvalue weighted by atomic mass is 10.1. The van der Waals surface area contributed by atoms with E-state index in [0.29, 0.717) is 64.9 Å². The van der Waals surface area contributed by atoms with Crippen LogP contribution in [-0.4, -0.2) is 84.9 Å². The molecule has 3 aromatic carbocycles. The highest BCUT2D eigenvalue weighted by Crippen LogP contribution is 2.44. The number of ether oxygens (including phenoxy) is 4. The molecule has 0 aliphatic carbocycles. The first kappa shape index (κ1) is 29.3. The predicted octanol–water partition coefficient (Wildman–Crippen LogP) is 3.82. The van der Waals surface area contributed by atoms with E-state index < -0.39 is 14.9 Å². The zero-order chi connectivity index (χ0) is 30.8. The number of benzene rings is 3. The van der Waals surface area contributed by atoms with E-state index in [0.717, 1.165) is 5.56 Å². The maximum Gasteiger partial charge on any atom is 0.336 e. The second-order valence-corrected chi connectivity index (χ2v) is 12.2. The van der Waals surface area contributed by atoms with Gasteiger partial charge in [-0.15, -0.1) is 0 Å². The van der Waals surface area contributed by atoms with Crippen molar-refractivity contribution >= 4 is 38.1 Å². The summed E-state index contributed by atoms with van der Waals surface area (Å²) in [5, 5.41) is 13.7. The van der Waals surface area contributed by atoms with Crippen molar-refractivity contribution in [1.82, 2.24) is 19.2 Å². The molecule has 0 saturated heterocycles. The first-order valence-corrected chi connectivity index (χ1v) is 15.3. The maximum atomic E-state index is 13.8. The fourth-order valence-electron chi connectivity index (χ4n) is 5.24. The highest BCUT2D eigenvalue weighted by Gasteiger charge is 2.33. The Balaban J connectivity index is 1.42. The van der Waals surface area contributed by atoms with Crippen LogP contribution in [0.4, 0.5) is 17.2 Å². The summed E-state index contributed by atoms with van der Waals surface area (Å²) in [5.74, 6) is 2.56. The van der Waals surface area contributed by atoms with Crippen LogP contribution in [0.15, 0.2) is 59.8 Å². The van der Waals surface area contributed by atoms with Crippen molar-refractivity contribution in [3.8, 4) is 23.0 Å². The molecule has 14 nitrogen and oxygen atoms in total. The van der Waals surface area contributed by atoms with Gasteiger partial charge in [-0.2, -0.15) is 4.31 Å². The van der Waals surface area contributed by atoms with E-state index in [2.05, 4.69) is 15.3 Å². The molecule has 0 atom stereocenters. The highest BCUT2D eigenvalue weighted by molar-refractivity contribution is 7.89. The third-order valence-electron chi connectivity index (χ3n) is 7.46. The summed E-state index contributed by atoms with van der Waals surface area (Å²) in [6.07, 6.45) is 1.79. The van der Waals surface area contributed by atoms with Gasteiger partial charge in [0.25, 0.3) is 4.92 Å². The molecule has 0 spiro atoms. The summed E-state index contributed by atoms with van der Waals surface area (Å²) in [6.45, 7) is 1.22. The summed E-state index contributed by atoms with van der Waals surface area (Å²) in [7, 11) is -0.772. The number of sulfonamides is 1. The number of nitrogens with one attached hydrogen (secondary N) is 1. The van der Waals surface area contributed by atoms with Crippen molar-refractivity contribution < 1.29 is 37.5 Å².